The molecule has 1 rings (SSSR count). The Morgan fingerprint density at radius 2 is 2.30 bits per heavy atom. The van der Waals surface area contributed by atoms with Gasteiger partial charge in [-0.15, -0.1) is 0 Å². The summed E-state index contributed by atoms with van der Waals surface area (Å²) in [5.74, 6) is 0.968. The van der Waals surface area contributed by atoms with Crippen LogP contribution < -0.4 is 0 Å². The highest BCUT2D eigenvalue weighted by Gasteiger charge is 2.19. The van der Waals surface area contributed by atoms with Crippen molar-refractivity contribution in [1.29, 1.82) is 0 Å². The zero-order valence-corrected chi connectivity index (χ0v) is 7.12. The van der Waals surface area contributed by atoms with Gasteiger partial charge in [0.15, 0.2) is 0 Å². The van der Waals surface area contributed by atoms with Crippen molar-refractivity contribution >= 4 is 17.0 Å². The molecule has 1 aliphatic rings. The number of hydrogen-bond acceptors (Lipinski definition) is 2. The second-order valence-electron chi connectivity index (χ2n) is 2.45. The minimum atomic E-state index is 0.271. The van der Waals surface area contributed by atoms with Crippen LogP contribution in [0.5, 0.6) is 0 Å². The topological polar surface area (TPSA) is 20.3 Å². The van der Waals surface area contributed by atoms with Gasteiger partial charge in [0.25, 0.3) is 5.24 Å². The zero-order chi connectivity index (χ0) is 7.40. The van der Waals surface area contributed by atoms with Crippen molar-refractivity contribution in [3.05, 3.63) is 0 Å². The maximum absolute atomic E-state index is 11.1. The molecular weight excluding hydrogens is 146 g/mol. The van der Waals surface area contributed by atoms with E-state index in [0.29, 0.717) is 0 Å². The molecule has 2 nitrogen and oxygen atoms in total. The molecule has 0 radical (unpaired) electrons. The van der Waals surface area contributed by atoms with Crippen LogP contribution in [0.25, 0.3) is 0 Å². The highest BCUT2D eigenvalue weighted by Crippen LogP contribution is 2.15. The minimum Gasteiger partial charge on any atom is -0.333 e. The normalized spacial score (nSPS) is 16.7. The van der Waals surface area contributed by atoms with E-state index in [0.717, 1.165) is 25.3 Å². The molecule has 1 fully saturated rings. The van der Waals surface area contributed by atoms with Crippen LogP contribution in [0, 0.1) is 0 Å². The van der Waals surface area contributed by atoms with E-state index < -0.39 is 0 Å². The molecule has 0 aromatic heterocycles. The largest absolute Gasteiger partial charge is 0.333 e. The molecule has 3 heteroatoms. The maximum Gasteiger partial charge on any atom is 0.281 e. The number of nitrogens with zero attached hydrogens (tertiary/aromatic N) is 1. The van der Waals surface area contributed by atoms with Crippen molar-refractivity contribution in [3.8, 4) is 0 Å². The first-order valence-electron chi connectivity index (χ1n) is 3.76. The van der Waals surface area contributed by atoms with Gasteiger partial charge in [-0.05, 0) is 12.8 Å². The summed E-state index contributed by atoms with van der Waals surface area (Å²) in [5.41, 5.74) is 0. The lowest BCUT2D eigenvalue weighted by Crippen LogP contribution is -2.39. The van der Waals surface area contributed by atoms with Crippen LogP contribution in [0.4, 0.5) is 4.79 Å². The standard InChI is InChI=1S/C7H13NOS/c1-2-6-10-7(9)8-4-3-5-8/h2-6H2,1H3. The van der Waals surface area contributed by atoms with Crippen molar-refractivity contribution in [1.82, 2.24) is 4.90 Å². The molecule has 0 unspecified atom stereocenters. The van der Waals surface area contributed by atoms with Crippen LogP contribution in [0.1, 0.15) is 19.8 Å². The summed E-state index contributed by atoms with van der Waals surface area (Å²) >= 11 is 1.45. The van der Waals surface area contributed by atoms with Gasteiger partial charge in [0.05, 0.1) is 0 Å². The van der Waals surface area contributed by atoms with Gasteiger partial charge < -0.3 is 4.90 Å². The molecule has 1 aliphatic heterocycles. The molecule has 0 aromatic rings. The molecule has 0 saturated carbocycles. The number of hydrogen-bond donors (Lipinski definition) is 0. The Kier molecular flexibility index (Phi) is 3.06. The van der Waals surface area contributed by atoms with Crippen molar-refractivity contribution < 1.29 is 4.79 Å². The van der Waals surface area contributed by atoms with Gasteiger partial charge in [0.1, 0.15) is 0 Å². The van der Waals surface area contributed by atoms with Gasteiger partial charge in [-0.2, -0.15) is 0 Å². The summed E-state index contributed by atoms with van der Waals surface area (Å²) in [6.45, 7) is 4.06. The molecule has 0 N–H and O–H groups in total. The quantitative estimate of drug-likeness (QED) is 0.614. The van der Waals surface area contributed by atoms with E-state index in [1.807, 2.05) is 4.90 Å². The number of carbonyl (C=O) groups is 1. The SMILES string of the molecule is CCCSC(=O)N1CCC1. The first-order chi connectivity index (χ1) is 4.84. The predicted molar refractivity (Wildman–Crippen MR) is 44.3 cm³/mol. The molecule has 0 aliphatic carbocycles. The Balaban J connectivity index is 2.08. The van der Waals surface area contributed by atoms with Crippen molar-refractivity contribution in [2.45, 2.75) is 19.8 Å². The Bertz CT molecular complexity index is 123. The molecular formula is C7H13NOS. The van der Waals surface area contributed by atoms with Gasteiger partial charge in [0, 0.05) is 18.8 Å². The average Bonchev–Trinajstić information content (AvgIpc) is 1.79. The highest BCUT2D eigenvalue weighted by molar-refractivity contribution is 8.13. The van der Waals surface area contributed by atoms with E-state index in [9.17, 15) is 4.79 Å². The van der Waals surface area contributed by atoms with Gasteiger partial charge in [-0.25, -0.2) is 0 Å². The molecule has 0 spiro atoms. The van der Waals surface area contributed by atoms with Crippen LogP contribution >= 0.6 is 11.8 Å². The molecule has 10 heavy (non-hydrogen) atoms. The van der Waals surface area contributed by atoms with Crippen LogP contribution in [-0.2, 0) is 0 Å². The first-order valence-corrected chi connectivity index (χ1v) is 4.75. The lowest BCUT2D eigenvalue weighted by molar-refractivity contribution is 0.192. The summed E-state index contributed by atoms with van der Waals surface area (Å²) in [7, 11) is 0. The van der Waals surface area contributed by atoms with Crippen LogP contribution in [0.15, 0.2) is 0 Å². The summed E-state index contributed by atoms with van der Waals surface area (Å²) in [4.78, 5) is 13.0. The van der Waals surface area contributed by atoms with Crippen molar-refractivity contribution in [2.24, 2.45) is 0 Å². The molecule has 0 bridgehead atoms. The van der Waals surface area contributed by atoms with Crippen LogP contribution in [0.2, 0.25) is 0 Å². The van der Waals surface area contributed by atoms with Crippen LogP contribution in [-0.4, -0.2) is 29.0 Å². The van der Waals surface area contributed by atoms with Gasteiger partial charge in [-0.1, -0.05) is 18.7 Å². The van der Waals surface area contributed by atoms with E-state index in [2.05, 4.69) is 6.92 Å². The highest BCUT2D eigenvalue weighted by atomic mass is 32.2. The summed E-state index contributed by atoms with van der Waals surface area (Å²) < 4.78 is 0. The Hall–Kier alpha value is -0.180. The van der Waals surface area contributed by atoms with E-state index in [-0.39, 0.29) is 5.24 Å². The van der Waals surface area contributed by atoms with E-state index in [1.165, 1.54) is 18.2 Å². The third-order valence-corrected chi connectivity index (χ3v) is 2.66. The molecule has 1 amide bonds. The van der Waals surface area contributed by atoms with Crippen LogP contribution in [0.3, 0.4) is 0 Å². The fraction of sp³-hybridized carbons (Fsp3) is 0.857. The van der Waals surface area contributed by atoms with Gasteiger partial charge in [0.2, 0.25) is 0 Å². The summed E-state index contributed by atoms with van der Waals surface area (Å²) in [6.07, 6.45) is 2.28. The lowest BCUT2D eigenvalue weighted by Gasteiger charge is -2.30. The number of thioether (sulfide) groups is 1. The van der Waals surface area contributed by atoms with E-state index >= 15 is 0 Å². The first kappa shape index (κ1) is 7.92. The zero-order valence-electron chi connectivity index (χ0n) is 6.30. The third-order valence-electron chi connectivity index (χ3n) is 1.54. The van der Waals surface area contributed by atoms with E-state index in [4.69, 9.17) is 0 Å². The summed E-state index contributed by atoms with van der Waals surface area (Å²) in [5, 5.41) is 0.271. The van der Waals surface area contributed by atoms with Gasteiger partial charge in [-0.3, -0.25) is 4.79 Å². The van der Waals surface area contributed by atoms with Crippen molar-refractivity contribution in [2.75, 3.05) is 18.8 Å². The Morgan fingerprint density at radius 1 is 1.60 bits per heavy atom. The smallest absolute Gasteiger partial charge is 0.281 e. The fourth-order valence-electron chi connectivity index (χ4n) is 0.779. The number of likely N-dealkylation sites (tertiary alicyclic amines) is 1. The second kappa shape index (κ2) is 3.86. The van der Waals surface area contributed by atoms with E-state index in [1.54, 1.807) is 0 Å². The fourth-order valence-corrected chi connectivity index (χ4v) is 1.52. The average molecular weight is 159 g/mol. The number of carbonyl (C=O) groups excluding carboxylic acids is 1. The molecule has 0 atom stereocenters. The lowest BCUT2D eigenvalue weighted by atomic mass is 10.2. The molecule has 58 valence electrons. The number of amides is 1. The third kappa shape index (κ3) is 1.90. The van der Waals surface area contributed by atoms with Gasteiger partial charge >= 0.3 is 0 Å². The monoisotopic (exact) mass is 159 g/mol. The molecule has 1 saturated heterocycles. The number of rotatable bonds is 2. The molecule has 1 heterocycles. The molecule has 0 aromatic carbocycles. The minimum absolute atomic E-state index is 0.271. The second-order valence-corrected chi connectivity index (χ2v) is 3.50. The Morgan fingerprint density at radius 3 is 2.70 bits per heavy atom. The Labute approximate surface area is 66.0 Å². The summed E-state index contributed by atoms with van der Waals surface area (Å²) in [6, 6.07) is 0. The maximum atomic E-state index is 11.1. The van der Waals surface area contributed by atoms with Crippen molar-refractivity contribution in [3.63, 3.8) is 0 Å². The predicted octanol–water partition coefficient (Wildman–Crippen LogP) is 1.96.